The molecule has 0 spiro atoms. The number of nitrogens with one attached hydrogen (secondary N) is 1. The molecule has 1 saturated heterocycles. The monoisotopic (exact) mass is 359 g/mol. The number of benzene rings is 2. The Labute approximate surface area is 158 Å². The summed E-state index contributed by atoms with van der Waals surface area (Å²) in [6.07, 6.45) is 3.97. The number of nitrogens with zero attached hydrogens (tertiary/aromatic N) is 2. The van der Waals surface area contributed by atoms with E-state index in [9.17, 15) is 4.79 Å². The molecular formula is C22H21N3O2. The molecule has 2 heterocycles. The lowest BCUT2D eigenvalue weighted by molar-refractivity contribution is 0.0955. The molecule has 0 bridgehead atoms. The zero-order valence-electron chi connectivity index (χ0n) is 15.0. The maximum absolute atomic E-state index is 12.2. The summed E-state index contributed by atoms with van der Waals surface area (Å²) >= 11 is 0. The zero-order chi connectivity index (χ0) is 18.5. The largest absolute Gasteiger partial charge is 0.455 e. The third kappa shape index (κ3) is 4.08. The number of hydrazone groups is 1. The van der Waals surface area contributed by atoms with Gasteiger partial charge in [-0.1, -0.05) is 30.3 Å². The molecule has 27 heavy (non-hydrogen) atoms. The topological polar surface area (TPSA) is 57.8 Å². The molecule has 5 nitrogen and oxygen atoms in total. The Morgan fingerprint density at radius 3 is 2.44 bits per heavy atom. The van der Waals surface area contributed by atoms with Crippen LogP contribution < -0.4 is 10.3 Å². The second-order valence-electron chi connectivity index (χ2n) is 6.51. The van der Waals surface area contributed by atoms with Gasteiger partial charge in [-0.05, 0) is 49.2 Å². The quantitative estimate of drug-likeness (QED) is 0.545. The van der Waals surface area contributed by atoms with Crippen molar-refractivity contribution in [1.82, 2.24) is 5.43 Å². The third-order valence-corrected chi connectivity index (χ3v) is 4.64. The van der Waals surface area contributed by atoms with E-state index in [4.69, 9.17) is 4.42 Å². The van der Waals surface area contributed by atoms with Gasteiger partial charge in [0.25, 0.3) is 5.91 Å². The number of carbonyl (C=O) groups is 1. The fourth-order valence-electron chi connectivity index (χ4n) is 3.20. The number of rotatable bonds is 5. The fourth-order valence-corrected chi connectivity index (χ4v) is 3.20. The minimum Gasteiger partial charge on any atom is -0.455 e. The molecule has 0 saturated carbocycles. The second-order valence-corrected chi connectivity index (χ2v) is 6.51. The summed E-state index contributed by atoms with van der Waals surface area (Å²) in [7, 11) is 0. The van der Waals surface area contributed by atoms with Crippen molar-refractivity contribution < 1.29 is 9.21 Å². The van der Waals surface area contributed by atoms with Gasteiger partial charge in [-0.25, -0.2) is 5.43 Å². The Kier molecular flexibility index (Phi) is 5.01. The molecule has 1 aliphatic heterocycles. The molecule has 5 heteroatoms. The van der Waals surface area contributed by atoms with Crippen molar-refractivity contribution >= 4 is 17.8 Å². The van der Waals surface area contributed by atoms with Crippen LogP contribution >= 0.6 is 0 Å². The average molecular weight is 359 g/mol. The first-order valence-electron chi connectivity index (χ1n) is 9.13. The first-order valence-corrected chi connectivity index (χ1v) is 9.13. The van der Waals surface area contributed by atoms with Crippen molar-refractivity contribution in [2.45, 2.75) is 12.8 Å². The molecule has 4 rings (SSSR count). The summed E-state index contributed by atoms with van der Waals surface area (Å²) in [6.45, 7) is 2.17. The first kappa shape index (κ1) is 17.1. The number of furan rings is 1. The molecule has 1 aliphatic rings. The molecule has 0 aliphatic carbocycles. The van der Waals surface area contributed by atoms with Gasteiger partial charge in [0.15, 0.2) is 0 Å². The predicted molar refractivity (Wildman–Crippen MR) is 107 cm³/mol. The highest BCUT2D eigenvalue weighted by molar-refractivity contribution is 5.95. The van der Waals surface area contributed by atoms with Crippen LogP contribution in [0.4, 0.5) is 5.69 Å². The molecule has 1 amide bonds. The van der Waals surface area contributed by atoms with Crippen LogP contribution in [0.25, 0.3) is 11.3 Å². The van der Waals surface area contributed by atoms with E-state index in [0.29, 0.717) is 11.3 Å². The van der Waals surface area contributed by atoms with Crippen LogP contribution in [0.15, 0.2) is 76.2 Å². The van der Waals surface area contributed by atoms with Gasteiger partial charge in [-0.15, -0.1) is 0 Å². The Balaban J connectivity index is 1.35. The summed E-state index contributed by atoms with van der Waals surface area (Å²) < 4.78 is 5.72. The number of anilines is 1. The van der Waals surface area contributed by atoms with Crippen molar-refractivity contribution in [1.29, 1.82) is 0 Å². The van der Waals surface area contributed by atoms with Crippen LogP contribution in [0.5, 0.6) is 0 Å². The van der Waals surface area contributed by atoms with Crippen LogP contribution in [0, 0.1) is 0 Å². The van der Waals surface area contributed by atoms with E-state index in [1.165, 1.54) is 19.1 Å². The highest BCUT2D eigenvalue weighted by atomic mass is 16.3. The highest BCUT2D eigenvalue weighted by Gasteiger charge is 2.13. The molecule has 136 valence electrons. The van der Waals surface area contributed by atoms with Gasteiger partial charge in [-0.3, -0.25) is 4.79 Å². The number of carbonyl (C=O) groups excluding carboxylic acids is 1. The summed E-state index contributed by atoms with van der Waals surface area (Å²) in [4.78, 5) is 14.6. The van der Waals surface area contributed by atoms with Gasteiger partial charge in [0.2, 0.25) is 0 Å². The zero-order valence-corrected chi connectivity index (χ0v) is 15.0. The smallest absolute Gasteiger partial charge is 0.271 e. The number of hydrogen-bond acceptors (Lipinski definition) is 4. The van der Waals surface area contributed by atoms with Crippen molar-refractivity contribution in [3.63, 3.8) is 0 Å². The maximum Gasteiger partial charge on any atom is 0.271 e. The minimum atomic E-state index is -0.242. The van der Waals surface area contributed by atoms with Gasteiger partial charge < -0.3 is 9.32 Å². The third-order valence-electron chi connectivity index (χ3n) is 4.64. The Morgan fingerprint density at radius 1 is 0.963 bits per heavy atom. The Morgan fingerprint density at radius 2 is 1.70 bits per heavy atom. The van der Waals surface area contributed by atoms with E-state index in [0.717, 1.165) is 30.1 Å². The summed E-state index contributed by atoms with van der Waals surface area (Å²) in [5.74, 6) is 1.11. The molecule has 1 fully saturated rings. The summed E-state index contributed by atoms with van der Waals surface area (Å²) in [6, 6.07) is 21.2. The number of amides is 1. The Hall–Kier alpha value is -3.34. The minimum absolute atomic E-state index is 0.242. The van der Waals surface area contributed by atoms with Gasteiger partial charge in [0.05, 0.1) is 6.21 Å². The number of hydrogen-bond donors (Lipinski definition) is 1. The van der Waals surface area contributed by atoms with E-state index in [1.807, 2.05) is 66.7 Å². The van der Waals surface area contributed by atoms with Crippen LogP contribution in [-0.2, 0) is 0 Å². The highest BCUT2D eigenvalue weighted by Crippen LogP contribution is 2.21. The average Bonchev–Trinajstić information content (AvgIpc) is 3.41. The first-order chi connectivity index (χ1) is 13.3. The SMILES string of the molecule is O=C(N/N=C\c1ccc(-c2ccccc2)o1)c1ccc(N2CCCC2)cc1. The summed E-state index contributed by atoms with van der Waals surface area (Å²) in [5, 5.41) is 4.00. The predicted octanol–water partition coefficient (Wildman–Crippen LogP) is 4.31. The van der Waals surface area contributed by atoms with Crippen molar-refractivity contribution in [2.24, 2.45) is 5.10 Å². The second kappa shape index (κ2) is 7.91. The molecule has 0 radical (unpaired) electrons. The van der Waals surface area contributed by atoms with Gasteiger partial charge >= 0.3 is 0 Å². The molecule has 1 aromatic heterocycles. The van der Waals surface area contributed by atoms with Gasteiger partial charge in [0.1, 0.15) is 11.5 Å². The lowest BCUT2D eigenvalue weighted by Gasteiger charge is -2.17. The van der Waals surface area contributed by atoms with E-state index in [1.54, 1.807) is 0 Å². The molecule has 1 N–H and O–H groups in total. The molecule has 3 aromatic rings. The van der Waals surface area contributed by atoms with Gasteiger partial charge in [-0.2, -0.15) is 5.10 Å². The summed E-state index contributed by atoms with van der Waals surface area (Å²) in [5.41, 5.74) is 5.29. The van der Waals surface area contributed by atoms with E-state index < -0.39 is 0 Å². The van der Waals surface area contributed by atoms with Crippen molar-refractivity contribution in [3.05, 3.63) is 78.1 Å². The van der Waals surface area contributed by atoms with Crippen molar-refractivity contribution in [2.75, 3.05) is 18.0 Å². The Bertz CT molecular complexity index is 924. The van der Waals surface area contributed by atoms with E-state index in [2.05, 4.69) is 15.4 Å². The van der Waals surface area contributed by atoms with E-state index >= 15 is 0 Å². The normalized spacial score (nSPS) is 14.0. The fraction of sp³-hybridized carbons (Fsp3) is 0.182. The van der Waals surface area contributed by atoms with Crippen LogP contribution in [0.3, 0.4) is 0 Å². The van der Waals surface area contributed by atoms with Crippen LogP contribution in [0.2, 0.25) is 0 Å². The van der Waals surface area contributed by atoms with Crippen molar-refractivity contribution in [3.8, 4) is 11.3 Å². The standard InChI is InChI=1S/C22H21N3O2/c26-22(18-8-10-19(11-9-18)25-14-4-5-15-25)24-23-16-20-12-13-21(27-20)17-6-2-1-3-7-17/h1-3,6-13,16H,4-5,14-15H2,(H,24,26)/b23-16-. The lowest BCUT2D eigenvalue weighted by Crippen LogP contribution is -2.19. The van der Waals surface area contributed by atoms with Crippen LogP contribution in [0.1, 0.15) is 29.0 Å². The molecular weight excluding hydrogens is 338 g/mol. The molecule has 2 aromatic carbocycles. The van der Waals surface area contributed by atoms with Gasteiger partial charge in [0, 0.05) is 29.9 Å². The van der Waals surface area contributed by atoms with E-state index in [-0.39, 0.29) is 5.91 Å². The molecule has 0 atom stereocenters. The maximum atomic E-state index is 12.2. The molecule has 0 unspecified atom stereocenters. The van der Waals surface area contributed by atoms with Crippen LogP contribution in [-0.4, -0.2) is 25.2 Å². The lowest BCUT2D eigenvalue weighted by atomic mass is 10.2.